The van der Waals surface area contributed by atoms with E-state index in [1.54, 1.807) is 0 Å². The van der Waals surface area contributed by atoms with Crippen LogP contribution in [0.2, 0.25) is 0 Å². The molecule has 6 heteroatoms. The molecule has 1 aliphatic carbocycles. The van der Waals surface area contributed by atoms with Crippen LogP contribution in [0.3, 0.4) is 0 Å². The van der Waals surface area contributed by atoms with Crippen molar-refractivity contribution in [2.24, 2.45) is 0 Å². The highest BCUT2D eigenvalue weighted by Gasteiger charge is 2.38. The molecule has 0 bridgehead atoms. The maximum atomic E-state index is 6.58. The molecular formula is C49H34N4O2. The number of para-hydroxylation sites is 1. The third kappa shape index (κ3) is 5.76. The Morgan fingerprint density at radius 1 is 0.455 bits per heavy atom. The summed E-state index contributed by atoms with van der Waals surface area (Å²) >= 11 is 0. The van der Waals surface area contributed by atoms with E-state index in [4.69, 9.17) is 28.8 Å². The van der Waals surface area contributed by atoms with Gasteiger partial charge in [0, 0.05) is 44.2 Å². The van der Waals surface area contributed by atoms with Crippen LogP contribution in [-0.2, 0) is 5.41 Å². The fraction of sp³-hybridized carbons (Fsp3) is 0.0612. The summed E-state index contributed by atoms with van der Waals surface area (Å²) in [5.41, 5.74) is 12.3. The van der Waals surface area contributed by atoms with Gasteiger partial charge in [-0.3, -0.25) is 0 Å². The first kappa shape index (κ1) is 32.5. The van der Waals surface area contributed by atoms with Gasteiger partial charge in [-0.05, 0) is 58.7 Å². The SMILES string of the molecule is CC1(C)c2ccc(-c3ccc(-c4nc(-c5ccccc5)nc(-c5ccccc5)n4)cc4ccccc4oc3)cc2-c2c1ccc1nc(-c3ccccc3)oc21. The zero-order chi connectivity index (χ0) is 36.9. The Balaban J connectivity index is 1.16. The van der Waals surface area contributed by atoms with Gasteiger partial charge in [-0.25, -0.2) is 19.9 Å². The molecule has 0 atom stereocenters. The van der Waals surface area contributed by atoms with Crippen LogP contribution in [0, 0.1) is 0 Å². The highest BCUT2D eigenvalue weighted by atomic mass is 16.3. The maximum absolute atomic E-state index is 6.58. The molecule has 3 heterocycles. The maximum Gasteiger partial charge on any atom is 0.227 e. The highest BCUT2D eigenvalue weighted by molar-refractivity contribution is 5.99. The summed E-state index contributed by atoms with van der Waals surface area (Å²) in [6.07, 6.45) is 1.83. The Morgan fingerprint density at radius 3 is 1.71 bits per heavy atom. The highest BCUT2D eigenvalue weighted by Crippen LogP contribution is 2.52. The molecule has 0 saturated heterocycles. The minimum atomic E-state index is -0.226. The minimum absolute atomic E-state index is 0.226. The molecule has 262 valence electrons. The number of nitrogens with zero attached hydrogens (tertiary/aromatic N) is 4. The molecule has 0 aliphatic heterocycles. The molecule has 1 aliphatic rings. The second-order valence-electron chi connectivity index (χ2n) is 14.3. The largest absolute Gasteiger partial charge is 0.464 e. The van der Waals surface area contributed by atoms with Gasteiger partial charge in [0.05, 0.1) is 6.26 Å². The van der Waals surface area contributed by atoms with Gasteiger partial charge in [0.2, 0.25) is 5.89 Å². The molecule has 0 radical (unpaired) electrons. The topological polar surface area (TPSA) is 77.8 Å². The van der Waals surface area contributed by atoms with Crippen molar-refractivity contribution in [2.45, 2.75) is 19.3 Å². The predicted molar refractivity (Wildman–Crippen MR) is 220 cm³/mol. The number of oxazole rings is 1. The Labute approximate surface area is 318 Å². The summed E-state index contributed by atoms with van der Waals surface area (Å²) in [5.74, 6) is 2.39. The normalized spacial score (nSPS) is 12.7. The Bertz CT molecular complexity index is 2890. The van der Waals surface area contributed by atoms with Crippen LogP contribution in [0.4, 0.5) is 0 Å². The van der Waals surface area contributed by atoms with Crippen LogP contribution in [0.15, 0.2) is 179 Å². The number of hydrogen-bond acceptors (Lipinski definition) is 6. The minimum Gasteiger partial charge on any atom is -0.464 e. The predicted octanol–water partition coefficient (Wildman–Crippen LogP) is 12.5. The van der Waals surface area contributed by atoms with E-state index >= 15 is 0 Å². The molecule has 6 aromatic carbocycles. The fourth-order valence-corrected chi connectivity index (χ4v) is 7.61. The van der Waals surface area contributed by atoms with Gasteiger partial charge in [-0.2, -0.15) is 0 Å². The fourth-order valence-electron chi connectivity index (χ4n) is 7.61. The van der Waals surface area contributed by atoms with Crippen molar-refractivity contribution in [3.8, 4) is 67.9 Å². The molecular weight excluding hydrogens is 677 g/mol. The van der Waals surface area contributed by atoms with Crippen molar-refractivity contribution >= 4 is 22.1 Å². The summed E-state index contributed by atoms with van der Waals surface area (Å²) in [4.78, 5) is 19.9. The summed E-state index contributed by atoms with van der Waals surface area (Å²) in [5, 5.41) is 0.911. The first-order valence-corrected chi connectivity index (χ1v) is 18.4. The van der Waals surface area contributed by atoms with E-state index in [-0.39, 0.29) is 5.41 Å². The lowest BCUT2D eigenvalue weighted by Crippen LogP contribution is -2.14. The molecule has 10 rings (SSSR count). The molecule has 55 heavy (non-hydrogen) atoms. The third-order valence-corrected chi connectivity index (χ3v) is 10.5. The van der Waals surface area contributed by atoms with Crippen molar-refractivity contribution in [3.05, 3.63) is 181 Å². The Kier molecular flexibility index (Phi) is 7.70. The van der Waals surface area contributed by atoms with Gasteiger partial charge in [-0.1, -0.05) is 141 Å². The smallest absolute Gasteiger partial charge is 0.227 e. The first-order chi connectivity index (χ1) is 27.0. The van der Waals surface area contributed by atoms with Crippen LogP contribution in [-0.4, -0.2) is 19.9 Å². The summed E-state index contributed by atoms with van der Waals surface area (Å²) < 4.78 is 13.0. The van der Waals surface area contributed by atoms with E-state index in [2.05, 4.69) is 62.4 Å². The first-order valence-electron chi connectivity index (χ1n) is 18.4. The molecule has 0 fully saturated rings. The number of fused-ring (bicyclic) bond motifs is 6. The third-order valence-electron chi connectivity index (χ3n) is 10.5. The van der Waals surface area contributed by atoms with Crippen molar-refractivity contribution < 1.29 is 8.83 Å². The summed E-state index contributed by atoms with van der Waals surface area (Å²) in [6, 6.07) is 55.3. The number of rotatable bonds is 5. The molecule has 6 nitrogen and oxygen atoms in total. The van der Waals surface area contributed by atoms with Gasteiger partial charge in [0.25, 0.3) is 0 Å². The van der Waals surface area contributed by atoms with E-state index in [9.17, 15) is 0 Å². The lowest BCUT2D eigenvalue weighted by molar-refractivity contribution is 0.608. The zero-order valence-electron chi connectivity index (χ0n) is 30.3. The molecule has 0 N–H and O–H groups in total. The van der Waals surface area contributed by atoms with E-state index in [1.165, 1.54) is 11.1 Å². The van der Waals surface area contributed by atoms with Crippen molar-refractivity contribution in [2.75, 3.05) is 0 Å². The quantitative estimate of drug-likeness (QED) is 0.177. The van der Waals surface area contributed by atoms with Gasteiger partial charge in [-0.15, -0.1) is 0 Å². The van der Waals surface area contributed by atoms with Gasteiger partial charge >= 0.3 is 0 Å². The number of hydrogen-bond donors (Lipinski definition) is 0. The lowest BCUT2D eigenvalue weighted by atomic mass is 9.82. The van der Waals surface area contributed by atoms with Crippen molar-refractivity contribution in [1.29, 1.82) is 0 Å². The van der Waals surface area contributed by atoms with E-state index in [0.717, 1.165) is 66.6 Å². The molecule has 9 aromatic rings. The second kappa shape index (κ2) is 13.0. The van der Waals surface area contributed by atoms with Crippen LogP contribution < -0.4 is 0 Å². The number of aromatic nitrogens is 4. The summed E-state index contributed by atoms with van der Waals surface area (Å²) in [6.45, 7) is 4.55. The molecule has 0 amide bonds. The number of benzene rings is 6. The molecule has 0 unspecified atom stereocenters. The van der Waals surface area contributed by atoms with E-state index in [0.29, 0.717) is 23.4 Å². The van der Waals surface area contributed by atoms with Crippen LogP contribution in [0.25, 0.3) is 89.9 Å². The summed E-state index contributed by atoms with van der Waals surface area (Å²) in [7, 11) is 0. The molecule has 0 spiro atoms. The van der Waals surface area contributed by atoms with Crippen LogP contribution in [0.1, 0.15) is 25.0 Å². The average Bonchev–Trinajstić information content (AvgIpc) is 3.80. The Hall–Kier alpha value is -7.18. The Morgan fingerprint density at radius 2 is 1.02 bits per heavy atom. The van der Waals surface area contributed by atoms with Gasteiger partial charge in [0.1, 0.15) is 11.1 Å². The van der Waals surface area contributed by atoms with Crippen LogP contribution in [0.5, 0.6) is 0 Å². The standard InChI is InChI=1S/C49H34N4O2/c1-49(2)39-25-24-34(29-38(39)43-40(49)26-27-41-44(43)55-48(50-41)33-18-10-5-11-19-33)37-23-22-36(28-35-20-12-13-21-42(35)54-30-37)47-52-45(31-14-6-3-7-15-31)51-46(53-47)32-16-8-4-9-17-32/h3-30H,1-2H3. The van der Waals surface area contributed by atoms with Crippen LogP contribution >= 0.6 is 0 Å². The van der Waals surface area contributed by atoms with Gasteiger partial charge < -0.3 is 8.83 Å². The van der Waals surface area contributed by atoms with E-state index in [1.807, 2.05) is 122 Å². The zero-order valence-corrected chi connectivity index (χ0v) is 30.3. The van der Waals surface area contributed by atoms with Crippen molar-refractivity contribution in [3.63, 3.8) is 0 Å². The van der Waals surface area contributed by atoms with Crippen molar-refractivity contribution in [1.82, 2.24) is 19.9 Å². The monoisotopic (exact) mass is 710 g/mol. The van der Waals surface area contributed by atoms with E-state index < -0.39 is 0 Å². The van der Waals surface area contributed by atoms with Gasteiger partial charge in [0.15, 0.2) is 23.1 Å². The average molecular weight is 711 g/mol. The lowest BCUT2D eigenvalue weighted by Gasteiger charge is -2.21. The molecule has 3 aromatic heterocycles. The molecule has 0 saturated carbocycles. The second-order valence-corrected chi connectivity index (χ2v) is 14.3.